The van der Waals surface area contributed by atoms with Crippen LogP contribution in [-0.4, -0.2) is 38.7 Å². The van der Waals surface area contributed by atoms with E-state index in [0.29, 0.717) is 11.4 Å². The fourth-order valence-corrected chi connectivity index (χ4v) is 4.95. The van der Waals surface area contributed by atoms with Crippen LogP contribution in [0.25, 0.3) is 0 Å². The highest BCUT2D eigenvalue weighted by Crippen LogP contribution is 2.37. The Labute approximate surface area is 172 Å². The van der Waals surface area contributed by atoms with Crippen LogP contribution in [0.15, 0.2) is 58.5 Å². The molecule has 1 aliphatic rings. The molecule has 0 amide bonds. The molecule has 0 aliphatic carbocycles. The highest BCUT2D eigenvalue weighted by atomic mass is 35.5. The molecule has 0 N–H and O–H groups in total. The summed E-state index contributed by atoms with van der Waals surface area (Å²) in [5.74, 6) is 0. The Bertz CT molecular complexity index is 976. The molecule has 3 rings (SSSR count). The van der Waals surface area contributed by atoms with Gasteiger partial charge in [0, 0.05) is 31.2 Å². The van der Waals surface area contributed by atoms with Gasteiger partial charge in [0.15, 0.2) is 0 Å². The summed E-state index contributed by atoms with van der Waals surface area (Å²) in [6.45, 7) is 6.11. The van der Waals surface area contributed by atoms with E-state index in [4.69, 9.17) is 11.6 Å². The minimum absolute atomic E-state index is 0.194. The number of nitrogens with zero attached hydrogens (tertiary/aromatic N) is 3. The van der Waals surface area contributed by atoms with Crippen molar-refractivity contribution in [3.8, 4) is 0 Å². The predicted octanol–water partition coefficient (Wildman–Crippen LogP) is 4.62. The monoisotopic (exact) mass is 419 g/mol. The minimum atomic E-state index is -3.77. The predicted molar refractivity (Wildman–Crippen MR) is 116 cm³/mol. The van der Waals surface area contributed by atoms with Crippen molar-refractivity contribution in [2.24, 2.45) is 10.5 Å². The Morgan fingerprint density at radius 3 is 2.11 bits per heavy atom. The van der Waals surface area contributed by atoms with Crippen molar-refractivity contribution >= 4 is 33.0 Å². The van der Waals surface area contributed by atoms with Crippen LogP contribution in [0, 0.1) is 5.41 Å². The lowest BCUT2D eigenvalue weighted by Gasteiger charge is -2.33. The topological polar surface area (TPSA) is 53.0 Å². The molecule has 1 aliphatic heterocycles. The molecule has 28 heavy (non-hydrogen) atoms. The number of hydrogen-bond donors (Lipinski definition) is 0. The highest BCUT2D eigenvalue weighted by Gasteiger charge is 2.42. The van der Waals surface area contributed by atoms with Gasteiger partial charge < -0.3 is 4.90 Å². The summed E-state index contributed by atoms with van der Waals surface area (Å²) in [6.07, 6.45) is 0.567. The Kier molecular flexibility index (Phi) is 5.47. The van der Waals surface area contributed by atoms with Crippen molar-refractivity contribution in [2.75, 3.05) is 19.0 Å². The molecule has 5 nitrogen and oxygen atoms in total. The third kappa shape index (κ3) is 4.03. The molecular weight excluding hydrogens is 394 g/mol. The van der Waals surface area contributed by atoms with E-state index >= 15 is 0 Å². The van der Waals surface area contributed by atoms with E-state index < -0.39 is 10.0 Å². The quantitative estimate of drug-likeness (QED) is 0.726. The fraction of sp³-hybridized carbons (Fsp3) is 0.381. The number of halogens is 1. The molecule has 2 aromatic carbocycles. The van der Waals surface area contributed by atoms with Gasteiger partial charge in [-0.05, 0) is 47.4 Å². The summed E-state index contributed by atoms with van der Waals surface area (Å²) in [6, 6.07) is 14.0. The van der Waals surface area contributed by atoms with E-state index in [9.17, 15) is 8.42 Å². The van der Waals surface area contributed by atoms with Gasteiger partial charge in [-0.25, -0.2) is 0 Å². The smallest absolute Gasteiger partial charge is 0.279 e. The van der Waals surface area contributed by atoms with Crippen LogP contribution in [-0.2, 0) is 10.0 Å². The number of anilines is 1. The summed E-state index contributed by atoms with van der Waals surface area (Å²) >= 11 is 5.92. The van der Waals surface area contributed by atoms with Crippen molar-refractivity contribution < 1.29 is 8.42 Å². The molecular formula is C21H26ClN3O2S. The van der Waals surface area contributed by atoms with E-state index in [2.05, 4.69) is 5.10 Å². The number of hydrogen-bond acceptors (Lipinski definition) is 4. The lowest BCUT2D eigenvalue weighted by Crippen LogP contribution is -2.41. The summed E-state index contributed by atoms with van der Waals surface area (Å²) in [5.41, 5.74) is 2.53. The molecule has 0 saturated carbocycles. The zero-order chi connectivity index (χ0) is 20.7. The molecule has 7 heteroatoms. The maximum atomic E-state index is 13.3. The third-order valence-electron chi connectivity index (χ3n) is 4.95. The molecule has 0 fully saturated rings. The van der Waals surface area contributed by atoms with Crippen LogP contribution >= 0.6 is 11.6 Å². The van der Waals surface area contributed by atoms with Gasteiger partial charge in [0.05, 0.1) is 16.6 Å². The van der Waals surface area contributed by atoms with Crippen LogP contribution in [0.5, 0.6) is 0 Å². The van der Waals surface area contributed by atoms with Gasteiger partial charge in [-0.1, -0.05) is 44.5 Å². The molecule has 0 spiro atoms. The first-order valence-corrected chi connectivity index (χ1v) is 11.0. The molecule has 1 unspecified atom stereocenters. The second-order valence-corrected chi connectivity index (χ2v) is 10.5. The number of hydrazone groups is 1. The molecule has 0 radical (unpaired) electrons. The maximum absolute atomic E-state index is 13.3. The minimum Gasteiger partial charge on any atom is -0.378 e. The van der Waals surface area contributed by atoms with Gasteiger partial charge in [0.2, 0.25) is 0 Å². The van der Waals surface area contributed by atoms with E-state index in [1.165, 1.54) is 16.5 Å². The number of sulfonamides is 1. The van der Waals surface area contributed by atoms with Gasteiger partial charge in [-0.15, -0.1) is 0 Å². The normalized spacial score (nSPS) is 17.6. The zero-order valence-electron chi connectivity index (χ0n) is 16.8. The highest BCUT2D eigenvalue weighted by molar-refractivity contribution is 7.89. The molecule has 0 saturated heterocycles. The van der Waals surface area contributed by atoms with Crippen LogP contribution in [0.2, 0.25) is 5.02 Å². The lowest BCUT2D eigenvalue weighted by atomic mass is 9.84. The first-order chi connectivity index (χ1) is 13.0. The Morgan fingerprint density at radius 1 is 1.04 bits per heavy atom. The lowest BCUT2D eigenvalue weighted by molar-refractivity contribution is 0.203. The molecule has 0 bridgehead atoms. The summed E-state index contributed by atoms with van der Waals surface area (Å²) < 4.78 is 27.9. The summed E-state index contributed by atoms with van der Waals surface area (Å²) in [4.78, 5) is 2.22. The van der Waals surface area contributed by atoms with Crippen LogP contribution in [0.3, 0.4) is 0 Å². The van der Waals surface area contributed by atoms with E-state index in [-0.39, 0.29) is 16.4 Å². The Balaban J connectivity index is 2.02. The van der Waals surface area contributed by atoms with Crippen LogP contribution in [0.1, 0.15) is 32.8 Å². The molecule has 2 aromatic rings. The van der Waals surface area contributed by atoms with Gasteiger partial charge >= 0.3 is 0 Å². The summed E-state index contributed by atoms with van der Waals surface area (Å²) in [7, 11) is 0.197. The van der Waals surface area contributed by atoms with Crippen molar-refractivity contribution in [3.05, 3.63) is 59.1 Å². The molecule has 0 aromatic heterocycles. The largest absolute Gasteiger partial charge is 0.378 e. The number of benzene rings is 2. The average Bonchev–Trinajstić information content (AvgIpc) is 3.09. The number of rotatable bonds is 4. The van der Waals surface area contributed by atoms with Gasteiger partial charge in [-0.3, -0.25) is 0 Å². The zero-order valence-corrected chi connectivity index (χ0v) is 18.4. The molecule has 150 valence electrons. The van der Waals surface area contributed by atoms with E-state index in [1.54, 1.807) is 12.1 Å². The van der Waals surface area contributed by atoms with E-state index in [0.717, 1.165) is 17.0 Å². The van der Waals surface area contributed by atoms with Gasteiger partial charge in [0.25, 0.3) is 10.0 Å². The molecule has 1 heterocycles. The van der Waals surface area contributed by atoms with E-state index in [1.807, 2.05) is 64.0 Å². The second-order valence-electron chi connectivity index (χ2n) is 8.31. The Morgan fingerprint density at radius 2 is 1.61 bits per heavy atom. The molecule has 1 atom stereocenters. The van der Waals surface area contributed by atoms with Crippen molar-refractivity contribution in [1.82, 2.24) is 4.41 Å². The van der Waals surface area contributed by atoms with Crippen molar-refractivity contribution in [3.63, 3.8) is 0 Å². The fourth-order valence-electron chi connectivity index (χ4n) is 3.19. The third-order valence-corrected chi connectivity index (χ3v) is 6.90. The average molecular weight is 420 g/mol. The standard InChI is InChI=1S/C21H26ClN3O2S/c1-21(2,3)20-14-19(15-6-10-17(11-7-15)24(4)5)23-25(20)28(26,27)18-12-8-16(22)9-13-18/h6-13,20H,14H2,1-5H3. The second kappa shape index (κ2) is 7.41. The van der Waals surface area contributed by atoms with Crippen molar-refractivity contribution in [2.45, 2.75) is 38.1 Å². The van der Waals surface area contributed by atoms with Crippen LogP contribution < -0.4 is 4.90 Å². The maximum Gasteiger partial charge on any atom is 0.279 e. The van der Waals surface area contributed by atoms with Crippen molar-refractivity contribution in [1.29, 1.82) is 0 Å². The first kappa shape index (κ1) is 20.7. The van der Waals surface area contributed by atoms with Gasteiger partial charge in [-0.2, -0.15) is 17.9 Å². The Hall–Kier alpha value is -2.05. The SMILES string of the molecule is CN(C)c1ccc(C2=NN(S(=O)(=O)c3ccc(Cl)cc3)C(C(C)(C)C)C2)cc1. The first-order valence-electron chi connectivity index (χ1n) is 9.15. The van der Waals surface area contributed by atoms with Crippen LogP contribution in [0.4, 0.5) is 5.69 Å². The summed E-state index contributed by atoms with van der Waals surface area (Å²) in [5, 5.41) is 5.06. The van der Waals surface area contributed by atoms with Gasteiger partial charge in [0.1, 0.15) is 0 Å².